The average molecular weight is 227 g/mol. The van der Waals surface area contributed by atoms with Gasteiger partial charge in [0.05, 0.1) is 11.7 Å². The SMILES string of the molecule is CCNC(Cc1ccccn1)c1ccccn1. The first-order chi connectivity index (χ1) is 8.40. The molecule has 0 aliphatic rings. The zero-order valence-electron chi connectivity index (χ0n) is 10.0. The smallest absolute Gasteiger partial charge is 0.0577 e. The summed E-state index contributed by atoms with van der Waals surface area (Å²) in [5.74, 6) is 0. The van der Waals surface area contributed by atoms with Crippen molar-refractivity contribution in [1.29, 1.82) is 0 Å². The first-order valence-corrected chi connectivity index (χ1v) is 5.94. The van der Waals surface area contributed by atoms with E-state index in [1.54, 1.807) is 0 Å². The highest BCUT2D eigenvalue weighted by Gasteiger charge is 2.12. The lowest BCUT2D eigenvalue weighted by molar-refractivity contribution is 0.531. The third-order valence-corrected chi connectivity index (χ3v) is 2.63. The fourth-order valence-electron chi connectivity index (χ4n) is 1.84. The Hall–Kier alpha value is -1.74. The molecule has 0 saturated carbocycles. The number of pyridine rings is 2. The number of nitrogens with zero attached hydrogens (tertiary/aromatic N) is 2. The van der Waals surface area contributed by atoms with Gasteiger partial charge in [-0.25, -0.2) is 0 Å². The Morgan fingerprint density at radius 3 is 2.41 bits per heavy atom. The molecule has 0 fully saturated rings. The number of rotatable bonds is 5. The zero-order valence-corrected chi connectivity index (χ0v) is 10.0. The third kappa shape index (κ3) is 3.36. The summed E-state index contributed by atoms with van der Waals surface area (Å²) in [6.07, 6.45) is 4.53. The van der Waals surface area contributed by atoms with Gasteiger partial charge in [0.25, 0.3) is 0 Å². The Balaban J connectivity index is 2.13. The topological polar surface area (TPSA) is 37.8 Å². The van der Waals surface area contributed by atoms with Crippen LogP contribution in [0.2, 0.25) is 0 Å². The molecule has 0 amide bonds. The van der Waals surface area contributed by atoms with Crippen LogP contribution in [0, 0.1) is 0 Å². The minimum Gasteiger partial charge on any atom is -0.309 e. The third-order valence-electron chi connectivity index (χ3n) is 2.63. The molecule has 2 aromatic rings. The summed E-state index contributed by atoms with van der Waals surface area (Å²) in [5, 5.41) is 3.44. The van der Waals surface area contributed by atoms with E-state index in [0.29, 0.717) is 0 Å². The maximum absolute atomic E-state index is 4.40. The van der Waals surface area contributed by atoms with Gasteiger partial charge in [-0.15, -0.1) is 0 Å². The Morgan fingerprint density at radius 2 is 1.82 bits per heavy atom. The van der Waals surface area contributed by atoms with Crippen molar-refractivity contribution < 1.29 is 0 Å². The largest absolute Gasteiger partial charge is 0.309 e. The highest BCUT2D eigenvalue weighted by Crippen LogP contribution is 2.14. The molecule has 0 aliphatic carbocycles. The van der Waals surface area contributed by atoms with Crippen molar-refractivity contribution in [3.8, 4) is 0 Å². The highest BCUT2D eigenvalue weighted by molar-refractivity contribution is 5.13. The fourth-order valence-corrected chi connectivity index (χ4v) is 1.84. The predicted octanol–water partition coefficient (Wildman–Crippen LogP) is 2.37. The van der Waals surface area contributed by atoms with E-state index in [1.165, 1.54) is 0 Å². The summed E-state index contributed by atoms with van der Waals surface area (Å²) in [7, 11) is 0. The van der Waals surface area contributed by atoms with Crippen molar-refractivity contribution in [3.63, 3.8) is 0 Å². The van der Waals surface area contributed by atoms with Gasteiger partial charge in [0, 0.05) is 24.5 Å². The molecule has 2 rings (SSSR count). The molecule has 0 bridgehead atoms. The van der Waals surface area contributed by atoms with Crippen LogP contribution in [0.5, 0.6) is 0 Å². The van der Waals surface area contributed by atoms with Crippen LogP contribution in [-0.4, -0.2) is 16.5 Å². The van der Waals surface area contributed by atoms with Crippen molar-refractivity contribution >= 4 is 0 Å². The number of likely N-dealkylation sites (N-methyl/N-ethyl adjacent to an activating group) is 1. The molecule has 2 aromatic heterocycles. The van der Waals surface area contributed by atoms with Crippen LogP contribution in [0.25, 0.3) is 0 Å². The van der Waals surface area contributed by atoms with Gasteiger partial charge >= 0.3 is 0 Å². The molecular weight excluding hydrogens is 210 g/mol. The van der Waals surface area contributed by atoms with Gasteiger partial charge < -0.3 is 5.32 Å². The number of nitrogens with one attached hydrogen (secondary N) is 1. The molecule has 0 aromatic carbocycles. The van der Waals surface area contributed by atoms with Crippen LogP contribution in [0.3, 0.4) is 0 Å². The molecule has 0 saturated heterocycles. The number of hydrogen-bond acceptors (Lipinski definition) is 3. The quantitative estimate of drug-likeness (QED) is 0.852. The molecule has 88 valence electrons. The van der Waals surface area contributed by atoms with Gasteiger partial charge in [-0.3, -0.25) is 9.97 Å². The van der Waals surface area contributed by atoms with Crippen molar-refractivity contribution in [2.45, 2.75) is 19.4 Å². The Morgan fingerprint density at radius 1 is 1.06 bits per heavy atom. The lowest BCUT2D eigenvalue weighted by Gasteiger charge is -2.16. The predicted molar refractivity (Wildman–Crippen MR) is 68.6 cm³/mol. The summed E-state index contributed by atoms with van der Waals surface area (Å²) < 4.78 is 0. The van der Waals surface area contributed by atoms with E-state index in [0.717, 1.165) is 24.4 Å². The standard InChI is InChI=1S/C14H17N3/c1-2-15-14(13-8-4-6-10-17-13)11-12-7-3-5-9-16-12/h3-10,14-15H,2,11H2,1H3. The van der Waals surface area contributed by atoms with Crippen LogP contribution in [0.15, 0.2) is 48.8 Å². The number of hydrogen-bond donors (Lipinski definition) is 1. The second-order valence-corrected chi connectivity index (χ2v) is 3.89. The van der Waals surface area contributed by atoms with Gasteiger partial charge in [0.15, 0.2) is 0 Å². The molecule has 3 heteroatoms. The molecule has 0 radical (unpaired) electrons. The Bertz CT molecular complexity index is 428. The first-order valence-electron chi connectivity index (χ1n) is 5.94. The summed E-state index contributed by atoms with van der Waals surface area (Å²) in [5.41, 5.74) is 2.16. The van der Waals surface area contributed by atoms with Gasteiger partial charge in [0.2, 0.25) is 0 Å². The molecular formula is C14H17N3. The fraction of sp³-hybridized carbons (Fsp3) is 0.286. The average Bonchev–Trinajstić information content (AvgIpc) is 2.40. The van der Waals surface area contributed by atoms with E-state index >= 15 is 0 Å². The molecule has 1 atom stereocenters. The lowest BCUT2D eigenvalue weighted by Crippen LogP contribution is -2.24. The first kappa shape index (κ1) is 11.7. The van der Waals surface area contributed by atoms with Crippen molar-refractivity contribution in [2.75, 3.05) is 6.54 Å². The monoisotopic (exact) mass is 227 g/mol. The minimum absolute atomic E-state index is 0.233. The molecule has 2 heterocycles. The number of aromatic nitrogens is 2. The van der Waals surface area contributed by atoms with E-state index in [9.17, 15) is 0 Å². The molecule has 0 spiro atoms. The molecule has 1 unspecified atom stereocenters. The molecule has 3 nitrogen and oxygen atoms in total. The second-order valence-electron chi connectivity index (χ2n) is 3.89. The summed E-state index contributed by atoms with van der Waals surface area (Å²) in [4.78, 5) is 8.76. The summed E-state index contributed by atoms with van der Waals surface area (Å²) in [6, 6.07) is 12.2. The Labute approximate surface area is 102 Å². The lowest BCUT2D eigenvalue weighted by atomic mass is 10.1. The zero-order chi connectivity index (χ0) is 11.9. The van der Waals surface area contributed by atoms with Gasteiger partial charge in [-0.1, -0.05) is 19.1 Å². The highest BCUT2D eigenvalue weighted by atomic mass is 14.9. The van der Waals surface area contributed by atoms with Crippen LogP contribution in [0.1, 0.15) is 24.4 Å². The van der Waals surface area contributed by atoms with Crippen molar-refractivity contribution in [3.05, 3.63) is 60.2 Å². The van der Waals surface area contributed by atoms with Crippen LogP contribution < -0.4 is 5.32 Å². The van der Waals surface area contributed by atoms with E-state index < -0.39 is 0 Å². The maximum Gasteiger partial charge on any atom is 0.0577 e. The van der Waals surface area contributed by atoms with E-state index in [-0.39, 0.29) is 6.04 Å². The van der Waals surface area contributed by atoms with Crippen LogP contribution >= 0.6 is 0 Å². The van der Waals surface area contributed by atoms with Gasteiger partial charge in [-0.05, 0) is 30.8 Å². The van der Waals surface area contributed by atoms with Gasteiger partial charge in [-0.2, -0.15) is 0 Å². The molecule has 17 heavy (non-hydrogen) atoms. The molecule has 1 N–H and O–H groups in total. The van der Waals surface area contributed by atoms with Crippen LogP contribution in [0.4, 0.5) is 0 Å². The summed E-state index contributed by atoms with van der Waals surface area (Å²) in [6.45, 7) is 3.03. The second kappa shape index (κ2) is 6.11. The van der Waals surface area contributed by atoms with Crippen LogP contribution in [-0.2, 0) is 6.42 Å². The Kier molecular flexibility index (Phi) is 4.22. The molecule has 0 aliphatic heterocycles. The van der Waals surface area contributed by atoms with Crippen molar-refractivity contribution in [1.82, 2.24) is 15.3 Å². The summed E-state index contributed by atoms with van der Waals surface area (Å²) >= 11 is 0. The van der Waals surface area contributed by atoms with E-state index in [1.807, 2.05) is 42.7 Å². The van der Waals surface area contributed by atoms with E-state index in [4.69, 9.17) is 0 Å². The minimum atomic E-state index is 0.233. The maximum atomic E-state index is 4.40. The van der Waals surface area contributed by atoms with Gasteiger partial charge in [0.1, 0.15) is 0 Å². The van der Waals surface area contributed by atoms with E-state index in [2.05, 4.69) is 28.3 Å². The normalized spacial score (nSPS) is 12.3. The van der Waals surface area contributed by atoms with Crippen molar-refractivity contribution in [2.24, 2.45) is 0 Å².